The van der Waals surface area contributed by atoms with E-state index in [1.54, 1.807) is 0 Å². The molecule has 0 amide bonds. The Bertz CT molecular complexity index is 301. The fourth-order valence-electron chi connectivity index (χ4n) is 2.08. The first-order valence-electron chi connectivity index (χ1n) is 5.73. The third-order valence-electron chi connectivity index (χ3n) is 3.25. The zero-order valence-corrected chi connectivity index (χ0v) is 10.1. The second-order valence-electron chi connectivity index (χ2n) is 4.24. The molecule has 2 N–H and O–H groups in total. The summed E-state index contributed by atoms with van der Waals surface area (Å²) in [6.45, 7) is 2.18. The van der Waals surface area contributed by atoms with Crippen LogP contribution in [0.15, 0.2) is 24.3 Å². The third kappa shape index (κ3) is 2.56. The third-order valence-corrected chi connectivity index (χ3v) is 4.43. The van der Waals surface area contributed by atoms with Crippen molar-refractivity contribution < 1.29 is 0 Å². The normalized spacial score (nSPS) is 22.9. The predicted octanol–water partition coefficient (Wildman–Crippen LogP) is 3.00. The van der Waals surface area contributed by atoms with Gasteiger partial charge in [0.05, 0.1) is 0 Å². The van der Waals surface area contributed by atoms with Gasteiger partial charge in [0.1, 0.15) is 0 Å². The predicted molar refractivity (Wildman–Crippen MR) is 68.2 cm³/mol. The molecule has 1 aliphatic heterocycles. The summed E-state index contributed by atoms with van der Waals surface area (Å²) in [5.41, 5.74) is 8.98. The number of aryl methyl sites for hydroxylation is 1. The molecule has 0 saturated carbocycles. The van der Waals surface area contributed by atoms with Crippen molar-refractivity contribution in [3.8, 4) is 0 Å². The SMILES string of the molecule is CCc1ccc(C(N)C2CCSC2)cc1. The molecule has 0 aromatic heterocycles. The van der Waals surface area contributed by atoms with Crippen LogP contribution in [-0.4, -0.2) is 11.5 Å². The standard InChI is InChI=1S/C13H19NS/c1-2-10-3-5-11(6-4-10)13(14)12-7-8-15-9-12/h3-6,12-13H,2,7-9,14H2,1H3. The van der Waals surface area contributed by atoms with Gasteiger partial charge in [0.2, 0.25) is 0 Å². The zero-order valence-electron chi connectivity index (χ0n) is 9.28. The second kappa shape index (κ2) is 5.04. The van der Waals surface area contributed by atoms with Crippen LogP contribution >= 0.6 is 11.8 Å². The molecular weight excluding hydrogens is 202 g/mol. The molecule has 0 radical (unpaired) electrons. The first-order chi connectivity index (χ1) is 7.31. The van der Waals surface area contributed by atoms with E-state index in [0.29, 0.717) is 5.92 Å². The topological polar surface area (TPSA) is 26.0 Å². The Morgan fingerprint density at radius 2 is 2.13 bits per heavy atom. The molecule has 2 heteroatoms. The van der Waals surface area contributed by atoms with Crippen LogP contribution < -0.4 is 5.73 Å². The summed E-state index contributed by atoms with van der Waals surface area (Å²) in [5.74, 6) is 3.20. The van der Waals surface area contributed by atoms with Gasteiger partial charge < -0.3 is 5.73 Å². The lowest BCUT2D eigenvalue weighted by Gasteiger charge is -2.18. The molecule has 1 saturated heterocycles. The Kier molecular flexibility index (Phi) is 3.71. The van der Waals surface area contributed by atoms with Crippen molar-refractivity contribution in [2.24, 2.45) is 11.7 Å². The largest absolute Gasteiger partial charge is 0.324 e. The van der Waals surface area contributed by atoms with Crippen LogP contribution in [0.3, 0.4) is 0 Å². The Hall–Kier alpha value is -0.470. The molecule has 1 nitrogen and oxygen atoms in total. The van der Waals surface area contributed by atoms with E-state index in [0.717, 1.165) is 6.42 Å². The monoisotopic (exact) mass is 221 g/mol. The van der Waals surface area contributed by atoms with E-state index in [9.17, 15) is 0 Å². The molecule has 1 aliphatic rings. The van der Waals surface area contributed by atoms with E-state index in [2.05, 4.69) is 31.2 Å². The van der Waals surface area contributed by atoms with Gasteiger partial charge in [0, 0.05) is 6.04 Å². The van der Waals surface area contributed by atoms with E-state index < -0.39 is 0 Å². The van der Waals surface area contributed by atoms with E-state index in [4.69, 9.17) is 5.73 Å². The lowest BCUT2D eigenvalue weighted by molar-refractivity contribution is 0.482. The van der Waals surface area contributed by atoms with Crippen LogP contribution in [-0.2, 0) is 6.42 Å². The average Bonchev–Trinajstić information content (AvgIpc) is 2.82. The Morgan fingerprint density at radius 3 is 2.67 bits per heavy atom. The summed E-state index contributed by atoms with van der Waals surface area (Å²) in [7, 11) is 0. The molecule has 1 fully saturated rings. The molecule has 2 rings (SSSR count). The summed E-state index contributed by atoms with van der Waals surface area (Å²) >= 11 is 2.03. The van der Waals surface area contributed by atoms with Crippen LogP contribution in [0.25, 0.3) is 0 Å². The van der Waals surface area contributed by atoms with Crippen molar-refractivity contribution in [1.82, 2.24) is 0 Å². The minimum Gasteiger partial charge on any atom is -0.324 e. The minimum atomic E-state index is 0.242. The van der Waals surface area contributed by atoms with Crippen LogP contribution in [0.5, 0.6) is 0 Å². The smallest absolute Gasteiger partial charge is 0.0331 e. The average molecular weight is 221 g/mol. The highest BCUT2D eigenvalue weighted by atomic mass is 32.2. The van der Waals surface area contributed by atoms with E-state index >= 15 is 0 Å². The summed E-state index contributed by atoms with van der Waals surface area (Å²) < 4.78 is 0. The van der Waals surface area contributed by atoms with Crippen molar-refractivity contribution in [3.05, 3.63) is 35.4 Å². The minimum absolute atomic E-state index is 0.242. The van der Waals surface area contributed by atoms with Crippen molar-refractivity contribution in [2.45, 2.75) is 25.8 Å². The van der Waals surface area contributed by atoms with Crippen molar-refractivity contribution in [1.29, 1.82) is 0 Å². The van der Waals surface area contributed by atoms with E-state index in [1.807, 2.05) is 11.8 Å². The van der Waals surface area contributed by atoms with Gasteiger partial charge >= 0.3 is 0 Å². The van der Waals surface area contributed by atoms with Crippen LogP contribution in [0.4, 0.5) is 0 Å². The van der Waals surface area contributed by atoms with Gasteiger partial charge in [-0.05, 0) is 41.4 Å². The maximum absolute atomic E-state index is 6.28. The van der Waals surface area contributed by atoms with Crippen molar-refractivity contribution >= 4 is 11.8 Å². The Labute approximate surface area is 96.4 Å². The number of nitrogens with two attached hydrogens (primary N) is 1. The van der Waals surface area contributed by atoms with Crippen molar-refractivity contribution in [2.75, 3.05) is 11.5 Å². The first kappa shape index (κ1) is 11.0. The molecule has 1 aromatic carbocycles. The molecule has 2 unspecified atom stereocenters. The summed E-state index contributed by atoms with van der Waals surface area (Å²) in [6.07, 6.45) is 2.39. The van der Waals surface area contributed by atoms with Gasteiger partial charge in [0.25, 0.3) is 0 Å². The highest BCUT2D eigenvalue weighted by Gasteiger charge is 2.23. The van der Waals surface area contributed by atoms with Gasteiger partial charge in [-0.2, -0.15) is 11.8 Å². The fourth-order valence-corrected chi connectivity index (χ4v) is 3.40. The van der Waals surface area contributed by atoms with E-state index in [1.165, 1.54) is 29.1 Å². The Morgan fingerprint density at radius 1 is 1.40 bits per heavy atom. The molecule has 0 bridgehead atoms. The summed E-state index contributed by atoms with van der Waals surface area (Å²) in [4.78, 5) is 0. The maximum Gasteiger partial charge on any atom is 0.0331 e. The van der Waals surface area contributed by atoms with Crippen LogP contribution in [0.2, 0.25) is 0 Å². The lowest BCUT2D eigenvalue weighted by atomic mass is 9.93. The fraction of sp³-hybridized carbons (Fsp3) is 0.538. The first-order valence-corrected chi connectivity index (χ1v) is 6.89. The molecule has 0 aliphatic carbocycles. The number of benzene rings is 1. The van der Waals surface area contributed by atoms with Crippen molar-refractivity contribution in [3.63, 3.8) is 0 Å². The number of hydrogen-bond acceptors (Lipinski definition) is 2. The molecule has 15 heavy (non-hydrogen) atoms. The van der Waals surface area contributed by atoms with Crippen LogP contribution in [0, 0.1) is 5.92 Å². The summed E-state index contributed by atoms with van der Waals surface area (Å²) in [6, 6.07) is 9.05. The van der Waals surface area contributed by atoms with Crippen LogP contribution in [0.1, 0.15) is 30.5 Å². The molecule has 0 spiro atoms. The maximum atomic E-state index is 6.28. The van der Waals surface area contributed by atoms with Gasteiger partial charge in [-0.3, -0.25) is 0 Å². The number of hydrogen-bond donors (Lipinski definition) is 1. The lowest BCUT2D eigenvalue weighted by Crippen LogP contribution is -2.21. The number of thioether (sulfide) groups is 1. The highest BCUT2D eigenvalue weighted by molar-refractivity contribution is 7.99. The van der Waals surface area contributed by atoms with E-state index in [-0.39, 0.29) is 6.04 Å². The zero-order chi connectivity index (χ0) is 10.7. The molecule has 1 aromatic rings. The molecule has 1 heterocycles. The highest BCUT2D eigenvalue weighted by Crippen LogP contribution is 2.32. The second-order valence-corrected chi connectivity index (χ2v) is 5.39. The number of rotatable bonds is 3. The molecule has 2 atom stereocenters. The quantitative estimate of drug-likeness (QED) is 0.849. The molecular formula is C13H19NS. The van der Waals surface area contributed by atoms with Gasteiger partial charge in [-0.25, -0.2) is 0 Å². The summed E-state index contributed by atoms with van der Waals surface area (Å²) in [5, 5.41) is 0. The molecule has 82 valence electrons. The Balaban J connectivity index is 2.07. The van der Waals surface area contributed by atoms with Gasteiger partial charge in [-0.1, -0.05) is 31.2 Å². The van der Waals surface area contributed by atoms with Gasteiger partial charge in [0.15, 0.2) is 0 Å². The van der Waals surface area contributed by atoms with Gasteiger partial charge in [-0.15, -0.1) is 0 Å².